The van der Waals surface area contributed by atoms with Gasteiger partial charge in [-0.25, -0.2) is 8.78 Å². The second-order valence-corrected chi connectivity index (χ2v) is 7.40. The van der Waals surface area contributed by atoms with Crippen molar-refractivity contribution in [1.29, 1.82) is 0 Å². The van der Waals surface area contributed by atoms with Gasteiger partial charge >= 0.3 is 0 Å². The summed E-state index contributed by atoms with van der Waals surface area (Å²) in [7, 11) is 0. The first kappa shape index (κ1) is 19.1. The molecule has 1 amide bonds. The summed E-state index contributed by atoms with van der Waals surface area (Å²) >= 11 is 0. The van der Waals surface area contributed by atoms with Crippen LogP contribution in [0.3, 0.4) is 0 Å². The summed E-state index contributed by atoms with van der Waals surface area (Å²) in [6.07, 6.45) is 0.194. The molecule has 0 aliphatic carbocycles. The van der Waals surface area contributed by atoms with Gasteiger partial charge in [0.15, 0.2) is 5.82 Å². The molecule has 3 heterocycles. The lowest BCUT2D eigenvalue weighted by Gasteiger charge is -2.16. The third kappa shape index (κ3) is 3.81. The molecule has 1 atom stereocenters. The number of nitrogens with zero attached hydrogens (tertiary/aromatic N) is 4. The Morgan fingerprint density at radius 1 is 1.13 bits per heavy atom. The highest BCUT2D eigenvalue weighted by Gasteiger charge is 2.34. The maximum Gasteiger partial charge on any atom is 0.275 e. The van der Waals surface area contributed by atoms with Gasteiger partial charge in [-0.1, -0.05) is 41.6 Å². The van der Waals surface area contributed by atoms with Gasteiger partial charge in [-0.3, -0.25) is 9.89 Å². The van der Waals surface area contributed by atoms with Crippen LogP contribution in [0, 0.1) is 11.6 Å². The maximum absolute atomic E-state index is 13.9. The number of carbonyl (C=O) groups excluding carboxylic acids is 1. The molecule has 0 bridgehead atoms. The van der Waals surface area contributed by atoms with Crippen LogP contribution in [0.4, 0.5) is 8.78 Å². The fourth-order valence-electron chi connectivity index (χ4n) is 3.65. The van der Waals surface area contributed by atoms with Gasteiger partial charge in [0.1, 0.15) is 17.3 Å². The van der Waals surface area contributed by atoms with Crippen LogP contribution in [0.15, 0.2) is 59.1 Å². The molecule has 1 fully saturated rings. The van der Waals surface area contributed by atoms with Crippen molar-refractivity contribution in [2.24, 2.45) is 0 Å². The number of halogens is 2. The Balaban J connectivity index is 1.30. The van der Waals surface area contributed by atoms with E-state index in [1.165, 1.54) is 17.0 Å². The molecule has 9 heteroatoms. The van der Waals surface area contributed by atoms with Crippen LogP contribution in [0.5, 0.6) is 0 Å². The van der Waals surface area contributed by atoms with Gasteiger partial charge in [-0.15, -0.1) is 0 Å². The van der Waals surface area contributed by atoms with E-state index in [0.717, 1.165) is 17.3 Å². The van der Waals surface area contributed by atoms with Crippen molar-refractivity contribution in [3.63, 3.8) is 0 Å². The van der Waals surface area contributed by atoms with Crippen molar-refractivity contribution in [1.82, 2.24) is 25.2 Å². The topological polar surface area (TPSA) is 87.9 Å². The summed E-state index contributed by atoms with van der Waals surface area (Å²) in [4.78, 5) is 18.3. The summed E-state index contributed by atoms with van der Waals surface area (Å²) in [6.45, 7) is 0.389. The van der Waals surface area contributed by atoms with Gasteiger partial charge in [-0.05, 0) is 12.1 Å². The van der Waals surface area contributed by atoms with Gasteiger partial charge in [-0.2, -0.15) is 10.1 Å². The highest BCUT2D eigenvalue weighted by atomic mass is 19.1. The minimum Gasteiger partial charge on any atom is -0.337 e. The normalized spacial score (nSPS) is 16.3. The number of aromatic nitrogens is 4. The van der Waals surface area contributed by atoms with E-state index in [2.05, 4.69) is 20.3 Å². The van der Waals surface area contributed by atoms with Crippen LogP contribution in [-0.4, -0.2) is 37.7 Å². The Hall–Kier alpha value is -3.88. The summed E-state index contributed by atoms with van der Waals surface area (Å²) < 4.78 is 32.4. The van der Waals surface area contributed by atoms with E-state index >= 15 is 0 Å². The molecule has 1 aliphatic heterocycles. The molecule has 0 radical (unpaired) electrons. The third-order valence-corrected chi connectivity index (χ3v) is 5.28. The number of aromatic amines is 1. The van der Waals surface area contributed by atoms with E-state index in [1.807, 2.05) is 36.4 Å². The van der Waals surface area contributed by atoms with E-state index in [1.54, 1.807) is 0 Å². The number of carbonyl (C=O) groups is 1. The van der Waals surface area contributed by atoms with Crippen molar-refractivity contribution in [3.05, 3.63) is 77.6 Å². The molecule has 1 aliphatic rings. The van der Waals surface area contributed by atoms with Crippen LogP contribution >= 0.6 is 0 Å². The standard InChI is InChI=1S/C22H17F2N5O2/c23-16-7-6-14(17(24)9-16)11-29-12-15(8-20(29)30)21-25-22(31-28-21)19-10-18(26-27-19)13-4-2-1-3-5-13/h1-7,9-10,15H,8,11-12H2,(H,26,27). The van der Waals surface area contributed by atoms with Crippen LogP contribution in [0.2, 0.25) is 0 Å². The van der Waals surface area contributed by atoms with Gasteiger partial charge in [0.05, 0.1) is 5.69 Å². The van der Waals surface area contributed by atoms with Crippen LogP contribution in [-0.2, 0) is 11.3 Å². The molecule has 7 nitrogen and oxygen atoms in total. The summed E-state index contributed by atoms with van der Waals surface area (Å²) in [5, 5.41) is 11.2. The molecule has 4 aromatic rings. The predicted octanol–water partition coefficient (Wildman–Crippen LogP) is 3.92. The molecule has 2 aromatic carbocycles. The van der Waals surface area contributed by atoms with Crippen LogP contribution in [0.1, 0.15) is 23.7 Å². The number of rotatable bonds is 5. The molecule has 1 saturated heterocycles. The van der Waals surface area contributed by atoms with Crippen molar-refractivity contribution < 1.29 is 18.1 Å². The number of likely N-dealkylation sites (tertiary alicyclic amines) is 1. The number of amides is 1. The molecule has 1 unspecified atom stereocenters. The first-order chi connectivity index (χ1) is 15.1. The summed E-state index contributed by atoms with van der Waals surface area (Å²) in [6, 6.07) is 14.8. The second-order valence-electron chi connectivity index (χ2n) is 7.40. The van der Waals surface area contributed by atoms with Crippen molar-refractivity contribution in [2.45, 2.75) is 18.9 Å². The molecule has 0 saturated carbocycles. The second kappa shape index (κ2) is 7.75. The van der Waals surface area contributed by atoms with Crippen molar-refractivity contribution in [2.75, 3.05) is 6.54 Å². The Morgan fingerprint density at radius 3 is 2.77 bits per heavy atom. The summed E-state index contributed by atoms with van der Waals surface area (Å²) in [5.41, 5.74) is 2.54. The minimum absolute atomic E-state index is 0.0626. The highest BCUT2D eigenvalue weighted by molar-refractivity contribution is 5.79. The molecule has 0 spiro atoms. The minimum atomic E-state index is -0.674. The smallest absolute Gasteiger partial charge is 0.275 e. The lowest BCUT2D eigenvalue weighted by atomic mass is 10.1. The van der Waals surface area contributed by atoms with Gasteiger partial charge < -0.3 is 9.42 Å². The average Bonchev–Trinajstić information content (AvgIpc) is 3.51. The Labute approximate surface area is 175 Å². The van der Waals surface area contributed by atoms with Crippen LogP contribution < -0.4 is 0 Å². The lowest BCUT2D eigenvalue weighted by Crippen LogP contribution is -2.25. The first-order valence-corrected chi connectivity index (χ1v) is 9.73. The van der Waals surface area contributed by atoms with Gasteiger partial charge in [0.2, 0.25) is 5.91 Å². The zero-order valence-corrected chi connectivity index (χ0v) is 16.3. The highest BCUT2D eigenvalue weighted by Crippen LogP contribution is 2.30. The third-order valence-electron chi connectivity index (χ3n) is 5.28. The molecule has 156 valence electrons. The molecule has 31 heavy (non-hydrogen) atoms. The number of benzene rings is 2. The number of H-pyrrole nitrogens is 1. The van der Waals surface area contributed by atoms with Gasteiger partial charge in [0, 0.05) is 42.6 Å². The SMILES string of the molecule is O=C1CC(c2noc(-c3cc(-c4ccccc4)n[nH]3)n2)CN1Cc1ccc(F)cc1F. The number of hydrogen-bond acceptors (Lipinski definition) is 5. The predicted molar refractivity (Wildman–Crippen MR) is 106 cm³/mol. The molecular weight excluding hydrogens is 404 g/mol. The largest absolute Gasteiger partial charge is 0.337 e. The van der Waals surface area contributed by atoms with Crippen molar-refractivity contribution in [3.8, 4) is 22.8 Å². The fraction of sp³-hybridized carbons (Fsp3) is 0.182. The van der Waals surface area contributed by atoms with E-state index in [9.17, 15) is 13.6 Å². The average molecular weight is 421 g/mol. The Morgan fingerprint density at radius 2 is 1.97 bits per heavy atom. The van der Waals surface area contributed by atoms with E-state index in [0.29, 0.717) is 18.1 Å². The molecule has 2 aromatic heterocycles. The van der Waals surface area contributed by atoms with E-state index < -0.39 is 11.6 Å². The van der Waals surface area contributed by atoms with Crippen molar-refractivity contribution >= 4 is 5.91 Å². The maximum atomic E-state index is 13.9. The van der Waals surface area contributed by atoms with E-state index in [4.69, 9.17) is 4.52 Å². The Bertz CT molecular complexity index is 1240. The Kier molecular flexibility index (Phi) is 4.78. The molecule has 1 N–H and O–H groups in total. The zero-order valence-electron chi connectivity index (χ0n) is 16.3. The zero-order chi connectivity index (χ0) is 21.4. The van der Waals surface area contributed by atoms with E-state index in [-0.39, 0.29) is 36.2 Å². The molecular formula is C22H17F2N5O2. The number of hydrogen-bond donors (Lipinski definition) is 1. The summed E-state index contributed by atoms with van der Waals surface area (Å²) in [5.74, 6) is -1.06. The fourth-order valence-corrected chi connectivity index (χ4v) is 3.65. The van der Waals surface area contributed by atoms with Gasteiger partial charge in [0.25, 0.3) is 5.89 Å². The quantitative estimate of drug-likeness (QED) is 0.528. The number of nitrogens with one attached hydrogen (secondary N) is 1. The van der Waals surface area contributed by atoms with Crippen LogP contribution in [0.25, 0.3) is 22.8 Å². The first-order valence-electron chi connectivity index (χ1n) is 9.73. The molecule has 5 rings (SSSR count). The lowest BCUT2D eigenvalue weighted by molar-refractivity contribution is -0.128. The monoisotopic (exact) mass is 421 g/mol.